The van der Waals surface area contributed by atoms with Gasteiger partial charge in [-0.05, 0) is 48.4 Å². The van der Waals surface area contributed by atoms with Gasteiger partial charge in [0, 0.05) is 29.7 Å². The molecule has 4 rings (SSSR count). The van der Waals surface area contributed by atoms with Gasteiger partial charge in [-0.25, -0.2) is 23.5 Å². The number of allylic oxidation sites excluding steroid dienone is 1. The third-order valence-electron chi connectivity index (χ3n) is 5.12. The molecule has 3 aromatic heterocycles. The highest BCUT2D eigenvalue weighted by atomic mass is 32.2. The van der Waals surface area contributed by atoms with Crippen LogP contribution in [-0.4, -0.2) is 42.6 Å². The number of hydrogen-bond acceptors (Lipinski definition) is 9. The molecule has 4 aromatic rings. The topological polar surface area (TPSA) is 139 Å². The first-order valence-electron chi connectivity index (χ1n) is 10.6. The van der Waals surface area contributed by atoms with Gasteiger partial charge in [-0.15, -0.1) is 0 Å². The van der Waals surface area contributed by atoms with E-state index in [0.717, 1.165) is 0 Å². The fraction of sp³-hybridized carbons (Fsp3) is 0.120. The minimum atomic E-state index is -4.26. The molecule has 0 unspecified atom stereocenters. The van der Waals surface area contributed by atoms with Gasteiger partial charge in [0.2, 0.25) is 5.75 Å². The normalized spacial score (nSPS) is 11.1. The molecule has 0 atom stereocenters. The number of pyridine rings is 2. The lowest BCUT2D eigenvalue weighted by Gasteiger charge is -2.18. The van der Waals surface area contributed by atoms with Gasteiger partial charge in [0.15, 0.2) is 22.3 Å². The highest BCUT2D eigenvalue weighted by Crippen LogP contribution is 2.43. The van der Waals surface area contributed by atoms with Gasteiger partial charge in [0.1, 0.15) is 5.69 Å². The third-order valence-corrected chi connectivity index (χ3v) is 5.98. The second-order valence-electron chi connectivity index (χ2n) is 7.63. The molecule has 0 aliphatic carbocycles. The first-order chi connectivity index (χ1) is 17.2. The number of aromatic nitrogens is 4. The fourth-order valence-electron chi connectivity index (χ4n) is 3.37. The summed E-state index contributed by atoms with van der Waals surface area (Å²) in [6.45, 7) is 5.70. The van der Waals surface area contributed by atoms with Gasteiger partial charge >= 0.3 is 0 Å². The summed E-state index contributed by atoms with van der Waals surface area (Å²) in [5.74, 6) is 1.12. The van der Waals surface area contributed by atoms with E-state index in [0.29, 0.717) is 28.2 Å². The summed E-state index contributed by atoms with van der Waals surface area (Å²) in [7, 11) is -1.34. The van der Waals surface area contributed by atoms with E-state index in [4.69, 9.17) is 19.3 Å². The summed E-state index contributed by atoms with van der Waals surface area (Å²) in [5, 5.41) is 5.14. The Morgan fingerprint density at radius 2 is 1.69 bits per heavy atom. The fourth-order valence-corrected chi connectivity index (χ4v) is 4.03. The summed E-state index contributed by atoms with van der Waals surface area (Å²) in [6.07, 6.45) is 4.56. The van der Waals surface area contributed by atoms with E-state index in [-0.39, 0.29) is 33.7 Å². The molecule has 0 aliphatic rings. The molecule has 36 heavy (non-hydrogen) atoms. The maximum atomic E-state index is 12.5. The first-order valence-corrected chi connectivity index (χ1v) is 12.1. The van der Waals surface area contributed by atoms with E-state index < -0.39 is 10.0 Å². The standard InChI is InChI=1S/C25H23N5O5S/c1-15(2)17-13-18(25(28-14-17)36(26,31)32)21-22(35-20-8-6-5-7-19(20)33-3)24(34-4)30-23(29-21)16-9-11-27-12-10-16/h5-14H,1H2,2-4H3,(H2,26,31,32). The van der Waals surface area contributed by atoms with E-state index >= 15 is 0 Å². The Morgan fingerprint density at radius 1 is 1.00 bits per heavy atom. The highest BCUT2D eigenvalue weighted by Gasteiger charge is 2.27. The van der Waals surface area contributed by atoms with E-state index in [2.05, 4.69) is 26.5 Å². The quantitative estimate of drug-likeness (QED) is 0.375. The molecule has 0 saturated carbocycles. The smallest absolute Gasteiger partial charge is 0.261 e. The highest BCUT2D eigenvalue weighted by molar-refractivity contribution is 7.89. The lowest BCUT2D eigenvalue weighted by Crippen LogP contribution is -2.16. The predicted octanol–water partition coefficient (Wildman–Crippen LogP) is 4.09. The second-order valence-corrected chi connectivity index (χ2v) is 9.10. The van der Waals surface area contributed by atoms with Gasteiger partial charge in [0.25, 0.3) is 15.9 Å². The molecule has 0 amide bonds. The van der Waals surface area contributed by atoms with Gasteiger partial charge in [-0.2, -0.15) is 4.98 Å². The summed E-state index contributed by atoms with van der Waals surface area (Å²) >= 11 is 0. The van der Waals surface area contributed by atoms with Crippen molar-refractivity contribution in [3.8, 4) is 45.8 Å². The zero-order valence-corrected chi connectivity index (χ0v) is 20.6. The van der Waals surface area contributed by atoms with Crippen molar-refractivity contribution in [1.82, 2.24) is 19.9 Å². The second kappa shape index (κ2) is 10.1. The molecule has 0 fully saturated rings. The zero-order chi connectivity index (χ0) is 25.9. The van der Waals surface area contributed by atoms with Crippen molar-refractivity contribution in [3.05, 3.63) is 73.2 Å². The van der Waals surface area contributed by atoms with Crippen LogP contribution in [0.2, 0.25) is 0 Å². The predicted molar refractivity (Wildman–Crippen MR) is 134 cm³/mol. The number of nitrogens with two attached hydrogens (primary N) is 1. The van der Waals surface area contributed by atoms with E-state index in [9.17, 15) is 8.42 Å². The monoisotopic (exact) mass is 505 g/mol. The van der Waals surface area contributed by atoms with Crippen LogP contribution >= 0.6 is 0 Å². The molecule has 2 N–H and O–H groups in total. The molecule has 0 aliphatic heterocycles. The largest absolute Gasteiger partial charge is 0.493 e. The number of rotatable bonds is 8. The first kappa shape index (κ1) is 24.8. The number of primary sulfonamides is 1. The van der Waals surface area contributed by atoms with Crippen LogP contribution in [0, 0.1) is 0 Å². The van der Waals surface area contributed by atoms with E-state index in [1.165, 1.54) is 20.4 Å². The SMILES string of the molecule is C=C(C)c1cnc(S(N)(=O)=O)c(-c2nc(-c3ccncc3)nc(OC)c2Oc2ccccc2OC)c1. The van der Waals surface area contributed by atoms with Gasteiger partial charge in [0.05, 0.1) is 14.2 Å². The molecule has 1 aromatic carbocycles. The van der Waals surface area contributed by atoms with Crippen LogP contribution in [0.4, 0.5) is 0 Å². The summed E-state index contributed by atoms with van der Waals surface area (Å²) < 4.78 is 42.2. The van der Waals surface area contributed by atoms with Crippen molar-refractivity contribution in [2.45, 2.75) is 11.9 Å². The summed E-state index contributed by atoms with van der Waals surface area (Å²) in [5.41, 5.74) is 2.06. The Bertz CT molecular complexity index is 1540. The Hall–Kier alpha value is -4.35. The number of sulfonamides is 1. The van der Waals surface area contributed by atoms with Gasteiger partial charge < -0.3 is 14.2 Å². The van der Waals surface area contributed by atoms with Crippen LogP contribution in [0.3, 0.4) is 0 Å². The Morgan fingerprint density at radius 3 is 2.31 bits per heavy atom. The van der Waals surface area contributed by atoms with Crippen LogP contribution in [0.15, 0.2) is 72.7 Å². The average molecular weight is 506 g/mol. The van der Waals surface area contributed by atoms with Gasteiger partial charge in [-0.1, -0.05) is 18.7 Å². The van der Waals surface area contributed by atoms with Crippen molar-refractivity contribution in [1.29, 1.82) is 0 Å². The van der Waals surface area contributed by atoms with Crippen LogP contribution in [-0.2, 0) is 10.0 Å². The number of para-hydroxylation sites is 2. The minimum absolute atomic E-state index is 0.0466. The van der Waals surface area contributed by atoms with Crippen LogP contribution in [0.5, 0.6) is 23.1 Å². The van der Waals surface area contributed by atoms with Crippen LogP contribution in [0.1, 0.15) is 12.5 Å². The minimum Gasteiger partial charge on any atom is -0.493 e. The van der Waals surface area contributed by atoms with Crippen LogP contribution in [0.25, 0.3) is 28.2 Å². The lowest BCUT2D eigenvalue weighted by molar-refractivity contribution is 0.347. The number of ether oxygens (including phenoxy) is 3. The van der Waals surface area contributed by atoms with Crippen molar-refractivity contribution < 1.29 is 22.6 Å². The molecule has 11 heteroatoms. The Labute approximate surface area is 208 Å². The molecular formula is C25H23N5O5S. The molecule has 0 bridgehead atoms. The molecule has 0 radical (unpaired) electrons. The number of benzene rings is 1. The number of methoxy groups -OCH3 is 2. The molecule has 184 valence electrons. The maximum absolute atomic E-state index is 12.5. The number of hydrogen-bond donors (Lipinski definition) is 1. The average Bonchev–Trinajstić information content (AvgIpc) is 2.88. The maximum Gasteiger partial charge on any atom is 0.261 e. The van der Waals surface area contributed by atoms with Crippen LogP contribution < -0.4 is 19.3 Å². The summed E-state index contributed by atoms with van der Waals surface area (Å²) in [4.78, 5) is 17.3. The van der Waals surface area contributed by atoms with Gasteiger partial charge in [-0.3, -0.25) is 4.98 Å². The third kappa shape index (κ3) is 5.02. The van der Waals surface area contributed by atoms with Crippen molar-refractivity contribution in [2.75, 3.05) is 14.2 Å². The van der Waals surface area contributed by atoms with E-state index in [1.54, 1.807) is 61.8 Å². The Balaban J connectivity index is 2.08. The molecule has 3 heterocycles. The zero-order valence-electron chi connectivity index (χ0n) is 19.8. The lowest BCUT2D eigenvalue weighted by atomic mass is 10.1. The summed E-state index contributed by atoms with van der Waals surface area (Å²) in [6, 6.07) is 11.9. The molecular weight excluding hydrogens is 482 g/mol. The Kier molecular flexibility index (Phi) is 6.95. The number of nitrogens with zero attached hydrogens (tertiary/aromatic N) is 4. The molecule has 10 nitrogen and oxygen atoms in total. The molecule has 0 spiro atoms. The van der Waals surface area contributed by atoms with E-state index in [1.807, 2.05) is 0 Å². The molecule has 0 saturated heterocycles. The van der Waals surface area contributed by atoms with Crippen molar-refractivity contribution >= 4 is 15.6 Å². The van der Waals surface area contributed by atoms with Crippen molar-refractivity contribution in [2.24, 2.45) is 5.14 Å². The van der Waals surface area contributed by atoms with Crippen molar-refractivity contribution in [3.63, 3.8) is 0 Å².